The van der Waals surface area contributed by atoms with E-state index >= 15 is 0 Å². The van der Waals surface area contributed by atoms with Gasteiger partial charge in [0.1, 0.15) is 0 Å². The Morgan fingerprint density at radius 1 is 1.11 bits per heavy atom. The standard InChI is InChI=1S/C17H28N2/c1-14(2)16-5-7-17(8-6-16)19-11-9-15(10-12-19)13-18(3)4/h5-8,14-15H,9-13H2,1-4H3. The van der Waals surface area contributed by atoms with Gasteiger partial charge in [0.15, 0.2) is 0 Å². The zero-order chi connectivity index (χ0) is 13.8. The predicted octanol–water partition coefficient (Wildman–Crippen LogP) is 3.59. The van der Waals surface area contributed by atoms with Crippen LogP contribution in [-0.4, -0.2) is 38.6 Å². The maximum atomic E-state index is 2.54. The van der Waals surface area contributed by atoms with Crippen molar-refractivity contribution in [2.75, 3.05) is 38.6 Å². The highest BCUT2D eigenvalue weighted by molar-refractivity contribution is 5.48. The van der Waals surface area contributed by atoms with Crippen molar-refractivity contribution in [1.29, 1.82) is 0 Å². The third kappa shape index (κ3) is 3.97. The van der Waals surface area contributed by atoms with Crippen molar-refractivity contribution in [1.82, 2.24) is 4.90 Å². The second kappa shape index (κ2) is 6.42. The molecular weight excluding hydrogens is 232 g/mol. The molecule has 1 aliphatic heterocycles. The SMILES string of the molecule is CC(C)c1ccc(N2CCC(CN(C)C)CC2)cc1. The fourth-order valence-corrected chi connectivity index (χ4v) is 2.96. The molecule has 1 aliphatic rings. The van der Waals surface area contributed by atoms with Crippen LogP contribution in [0.3, 0.4) is 0 Å². The van der Waals surface area contributed by atoms with E-state index in [1.165, 1.54) is 43.7 Å². The fraction of sp³-hybridized carbons (Fsp3) is 0.647. The van der Waals surface area contributed by atoms with E-state index in [0.29, 0.717) is 5.92 Å². The molecule has 0 saturated carbocycles. The lowest BCUT2D eigenvalue weighted by molar-refractivity contribution is 0.285. The minimum Gasteiger partial charge on any atom is -0.372 e. The van der Waals surface area contributed by atoms with Crippen LogP contribution in [0, 0.1) is 5.92 Å². The Kier molecular flexibility index (Phi) is 4.87. The van der Waals surface area contributed by atoms with E-state index in [9.17, 15) is 0 Å². The molecule has 0 spiro atoms. The average molecular weight is 260 g/mol. The van der Waals surface area contributed by atoms with Crippen molar-refractivity contribution in [2.45, 2.75) is 32.6 Å². The molecule has 1 aromatic rings. The van der Waals surface area contributed by atoms with Crippen LogP contribution in [0.2, 0.25) is 0 Å². The summed E-state index contributed by atoms with van der Waals surface area (Å²) in [7, 11) is 4.36. The van der Waals surface area contributed by atoms with Gasteiger partial charge in [-0.05, 0) is 56.5 Å². The number of nitrogens with zero attached hydrogens (tertiary/aromatic N) is 2. The third-order valence-corrected chi connectivity index (χ3v) is 4.16. The van der Waals surface area contributed by atoms with Crippen LogP contribution in [0.1, 0.15) is 38.2 Å². The molecule has 2 rings (SSSR count). The van der Waals surface area contributed by atoms with Gasteiger partial charge in [-0.2, -0.15) is 0 Å². The first kappa shape index (κ1) is 14.4. The summed E-state index contributed by atoms with van der Waals surface area (Å²) in [6.07, 6.45) is 2.65. The first-order chi connectivity index (χ1) is 9.06. The number of hydrogen-bond donors (Lipinski definition) is 0. The highest BCUT2D eigenvalue weighted by Crippen LogP contribution is 2.25. The van der Waals surface area contributed by atoms with Gasteiger partial charge in [0.25, 0.3) is 0 Å². The highest BCUT2D eigenvalue weighted by Gasteiger charge is 2.19. The van der Waals surface area contributed by atoms with Crippen LogP contribution >= 0.6 is 0 Å². The number of benzene rings is 1. The Labute approximate surface area is 118 Å². The van der Waals surface area contributed by atoms with Gasteiger partial charge in [0.05, 0.1) is 0 Å². The third-order valence-electron chi connectivity index (χ3n) is 4.16. The van der Waals surface area contributed by atoms with Gasteiger partial charge in [-0.1, -0.05) is 26.0 Å². The van der Waals surface area contributed by atoms with Crippen molar-refractivity contribution < 1.29 is 0 Å². The smallest absolute Gasteiger partial charge is 0.0366 e. The van der Waals surface area contributed by atoms with Gasteiger partial charge >= 0.3 is 0 Å². The van der Waals surface area contributed by atoms with Crippen LogP contribution in [0.25, 0.3) is 0 Å². The molecule has 2 heteroatoms. The van der Waals surface area contributed by atoms with E-state index in [0.717, 1.165) is 5.92 Å². The Bertz CT molecular complexity index is 373. The number of hydrogen-bond acceptors (Lipinski definition) is 2. The molecule has 0 atom stereocenters. The summed E-state index contributed by atoms with van der Waals surface area (Å²) in [5, 5.41) is 0. The van der Waals surface area contributed by atoms with Crippen LogP contribution in [0.15, 0.2) is 24.3 Å². The minimum atomic E-state index is 0.625. The fourth-order valence-electron chi connectivity index (χ4n) is 2.96. The molecule has 0 N–H and O–H groups in total. The van der Waals surface area contributed by atoms with Gasteiger partial charge in [0.2, 0.25) is 0 Å². The van der Waals surface area contributed by atoms with Crippen molar-refractivity contribution in [3.8, 4) is 0 Å². The Morgan fingerprint density at radius 2 is 1.68 bits per heavy atom. The molecule has 1 fully saturated rings. The van der Waals surface area contributed by atoms with E-state index in [4.69, 9.17) is 0 Å². The zero-order valence-electron chi connectivity index (χ0n) is 12.9. The highest BCUT2D eigenvalue weighted by atomic mass is 15.1. The number of piperidine rings is 1. The second-order valence-corrected chi connectivity index (χ2v) is 6.44. The monoisotopic (exact) mass is 260 g/mol. The average Bonchev–Trinajstić information content (AvgIpc) is 2.39. The summed E-state index contributed by atoms with van der Waals surface area (Å²) in [6.45, 7) is 8.16. The van der Waals surface area contributed by atoms with Crippen molar-refractivity contribution >= 4 is 5.69 Å². The van der Waals surface area contributed by atoms with Gasteiger partial charge < -0.3 is 9.80 Å². The summed E-state index contributed by atoms with van der Waals surface area (Å²) >= 11 is 0. The van der Waals surface area contributed by atoms with Crippen LogP contribution in [0.5, 0.6) is 0 Å². The van der Waals surface area contributed by atoms with Crippen molar-refractivity contribution in [2.24, 2.45) is 5.92 Å². The Hall–Kier alpha value is -1.02. The van der Waals surface area contributed by atoms with E-state index in [1.54, 1.807) is 0 Å². The van der Waals surface area contributed by atoms with E-state index in [2.05, 4.69) is 62.0 Å². The maximum absolute atomic E-state index is 2.54. The molecule has 19 heavy (non-hydrogen) atoms. The first-order valence-electron chi connectivity index (χ1n) is 7.56. The van der Waals surface area contributed by atoms with E-state index < -0.39 is 0 Å². The molecular formula is C17H28N2. The lowest BCUT2D eigenvalue weighted by atomic mass is 9.95. The van der Waals surface area contributed by atoms with Crippen LogP contribution in [-0.2, 0) is 0 Å². The Morgan fingerprint density at radius 3 is 2.16 bits per heavy atom. The molecule has 0 unspecified atom stereocenters. The molecule has 0 aliphatic carbocycles. The Balaban J connectivity index is 1.90. The molecule has 0 bridgehead atoms. The molecule has 0 aromatic heterocycles. The lowest BCUT2D eigenvalue weighted by Crippen LogP contribution is -2.37. The summed E-state index contributed by atoms with van der Waals surface area (Å²) in [5.41, 5.74) is 2.83. The summed E-state index contributed by atoms with van der Waals surface area (Å²) in [5.74, 6) is 1.50. The van der Waals surface area contributed by atoms with Crippen LogP contribution < -0.4 is 4.90 Å². The number of anilines is 1. The van der Waals surface area contributed by atoms with Crippen molar-refractivity contribution in [3.05, 3.63) is 29.8 Å². The van der Waals surface area contributed by atoms with Gasteiger partial charge in [-0.15, -0.1) is 0 Å². The molecule has 0 amide bonds. The van der Waals surface area contributed by atoms with Gasteiger partial charge in [-0.25, -0.2) is 0 Å². The molecule has 1 saturated heterocycles. The lowest BCUT2D eigenvalue weighted by Gasteiger charge is -2.34. The maximum Gasteiger partial charge on any atom is 0.0366 e. The molecule has 0 radical (unpaired) electrons. The summed E-state index contributed by atoms with van der Waals surface area (Å²) in [4.78, 5) is 4.86. The van der Waals surface area contributed by atoms with Gasteiger partial charge in [0, 0.05) is 25.3 Å². The van der Waals surface area contributed by atoms with E-state index in [-0.39, 0.29) is 0 Å². The summed E-state index contributed by atoms with van der Waals surface area (Å²) < 4.78 is 0. The molecule has 1 aromatic carbocycles. The minimum absolute atomic E-state index is 0.625. The molecule has 106 valence electrons. The first-order valence-corrected chi connectivity index (χ1v) is 7.56. The second-order valence-electron chi connectivity index (χ2n) is 6.44. The van der Waals surface area contributed by atoms with Gasteiger partial charge in [-0.3, -0.25) is 0 Å². The largest absolute Gasteiger partial charge is 0.372 e. The molecule has 1 heterocycles. The van der Waals surface area contributed by atoms with Crippen LogP contribution in [0.4, 0.5) is 5.69 Å². The number of rotatable bonds is 4. The summed E-state index contributed by atoms with van der Waals surface area (Å²) in [6, 6.07) is 9.15. The zero-order valence-corrected chi connectivity index (χ0v) is 12.9. The molecule has 2 nitrogen and oxygen atoms in total. The normalized spacial score (nSPS) is 17.5. The van der Waals surface area contributed by atoms with E-state index in [1.807, 2.05) is 0 Å². The van der Waals surface area contributed by atoms with Crippen molar-refractivity contribution in [3.63, 3.8) is 0 Å². The quantitative estimate of drug-likeness (QED) is 0.816. The topological polar surface area (TPSA) is 6.48 Å². The predicted molar refractivity (Wildman–Crippen MR) is 84.0 cm³/mol.